The number of aromatic nitrogens is 7. The van der Waals surface area contributed by atoms with Crippen molar-refractivity contribution >= 4 is 22.1 Å². The zero-order valence-electron chi connectivity index (χ0n) is 23.3. The number of aryl methyl sites for hydroxylation is 1. The minimum Gasteiger partial charge on any atom is -0.385 e. The molecular weight excluding hydrogens is 498 g/mol. The molecule has 1 aliphatic carbocycles. The Balaban J connectivity index is 1.37. The van der Waals surface area contributed by atoms with E-state index in [1.54, 1.807) is 0 Å². The lowest BCUT2D eigenvalue weighted by molar-refractivity contribution is 0.170. The monoisotopic (exact) mass is 531 g/mol. The normalized spacial score (nSPS) is 14.6. The highest BCUT2D eigenvalue weighted by atomic mass is 16.3. The molecule has 0 aliphatic heterocycles. The Morgan fingerprint density at radius 3 is 2.52 bits per heavy atom. The molecule has 0 bridgehead atoms. The van der Waals surface area contributed by atoms with Crippen molar-refractivity contribution in [1.29, 1.82) is 0 Å². The molecule has 8 heteroatoms. The van der Waals surface area contributed by atoms with Gasteiger partial charge in [-0.3, -0.25) is 4.68 Å². The Kier molecular flexibility index (Phi) is 5.82. The summed E-state index contributed by atoms with van der Waals surface area (Å²) in [5.74, 6) is 2.17. The van der Waals surface area contributed by atoms with Gasteiger partial charge in [0, 0.05) is 54.8 Å². The molecule has 0 spiro atoms. The summed E-state index contributed by atoms with van der Waals surface area (Å²) in [5, 5.41) is 16.6. The summed E-state index contributed by atoms with van der Waals surface area (Å²) in [4.78, 5) is 18.6. The van der Waals surface area contributed by atoms with Gasteiger partial charge in [-0.1, -0.05) is 56.3 Å². The number of rotatable bonds is 7. The van der Waals surface area contributed by atoms with E-state index in [-0.39, 0.29) is 5.92 Å². The molecule has 8 nitrogen and oxygen atoms in total. The van der Waals surface area contributed by atoms with Gasteiger partial charge in [0.1, 0.15) is 17.8 Å². The fraction of sp³-hybridized carbons (Fsp3) is 0.312. The second kappa shape index (κ2) is 9.41. The summed E-state index contributed by atoms with van der Waals surface area (Å²) in [7, 11) is 4.05. The van der Waals surface area contributed by atoms with Crippen molar-refractivity contribution in [3.05, 3.63) is 83.6 Å². The second-order valence-corrected chi connectivity index (χ2v) is 11.3. The highest BCUT2D eigenvalue weighted by Crippen LogP contribution is 2.47. The highest BCUT2D eigenvalue weighted by molar-refractivity contribution is 5.93. The Bertz CT molecular complexity index is 1860. The van der Waals surface area contributed by atoms with Crippen LogP contribution in [0.4, 0.5) is 0 Å². The molecule has 4 heterocycles. The Morgan fingerprint density at radius 1 is 0.975 bits per heavy atom. The average molecular weight is 532 g/mol. The van der Waals surface area contributed by atoms with Crippen LogP contribution in [0.3, 0.4) is 0 Å². The van der Waals surface area contributed by atoms with E-state index in [0.717, 1.165) is 68.8 Å². The standard InChI is InChI=1S/C32H33N7O/c1-18(2)26-23(16-21-17-38(3)37-30(21)34-26)32-36-28(29(39(32)4)20-13-14-20)22-11-8-12-24-27(22)35-31(33-24)25(40)15-19-9-6-5-7-10-19/h5-12,16-18,20,25,40H,13-15H2,1-4H3,(H,33,35). The van der Waals surface area contributed by atoms with Crippen molar-refractivity contribution in [2.24, 2.45) is 14.1 Å². The number of imidazole rings is 2. The van der Waals surface area contributed by atoms with Crippen LogP contribution in [0.1, 0.15) is 67.4 Å². The van der Waals surface area contributed by atoms with Crippen LogP contribution < -0.4 is 0 Å². The van der Waals surface area contributed by atoms with E-state index in [1.807, 2.05) is 60.4 Å². The summed E-state index contributed by atoms with van der Waals surface area (Å²) >= 11 is 0. The molecule has 1 saturated carbocycles. The van der Waals surface area contributed by atoms with Crippen LogP contribution in [-0.4, -0.2) is 39.4 Å². The molecule has 2 N–H and O–H groups in total. The molecule has 1 fully saturated rings. The minimum atomic E-state index is -0.726. The van der Waals surface area contributed by atoms with Crippen molar-refractivity contribution in [1.82, 2.24) is 34.3 Å². The molecule has 6 aromatic rings. The van der Waals surface area contributed by atoms with E-state index in [2.05, 4.69) is 47.7 Å². The SMILES string of the molecule is CC(C)c1nc2nn(C)cc2cc1-c1nc(-c2cccc3[nH]c(C(O)Cc4ccccc4)nc23)c(C2CC2)n1C. The van der Waals surface area contributed by atoms with Crippen LogP contribution >= 0.6 is 0 Å². The average Bonchev–Trinajstić information content (AvgIpc) is 3.41. The molecule has 4 aromatic heterocycles. The van der Waals surface area contributed by atoms with Gasteiger partial charge in [-0.25, -0.2) is 15.0 Å². The first-order chi connectivity index (χ1) is 19.4. The lowest BCUT2D eigenvalue weighted by atomic mass is 10.0. The van der Waals surface area contributed by atoms with E-state index < -0.39 is 6.10 Å². The number of hydrogen-bond acceptors (Lipinski definition) is 5. The number of aliphatic hydroxyl groups is 1. The van der Waals surface area contributed by atoms with Gasteiger partial charge in [-0.2, -0.15) is 5.10 Å². The first-order valence-electron chi connectivity index (χ1n) is 14.0. The van der Waals surface area contributed by atoms with Crippen molar-refractivity contribution in [3.8, 4) is 22.6 Å². The third-order valence-electron chi connectivity index (χ3n) is 7.90. The first-order valence-corrected chi connectivity index (χ1v) is 14.0. The first kappa shape index (κ1) is 24.7. The lowest BCUT2D eigenvalue weighted by Gasteiger charge is -2.12. The number of hydrogen-bond donors (Lipinski definition) is 2. The van der Waals surface area contributed by atoms with Crippen LogP contribution in [0.25, 0.3) is 44.7 Å². The zero-order valence-corrected chi connectivity index (χ0v) is 23.3. The number of nitrogens with zero attached hydrogens (tertiary/aromatic N) is 6. The fourth-order valence-electron chi connectivity index (χ4n) is 5.82. The highest BCUT2D eigenvalue weighted by Gasteiger charge is 2.33. The van der Waals surface area contributed by atoms with Crippen molar-refractivity contribution in [2.75, 3.05) is 0 Å². The number of nitrogens with one attached hydrogen (secondary N) is 1. The Labute approximate surface area is 232 Å². The van der Waals surface area contributed by atoms with E-state index in [0.29, 0.717) is 18.2 Å². The smallest absolute Gasteiger partial charge is 0.181 e. The molecule has 40 heavy (non-hydrogen) atoms. The van der Waals surface area contributed by atoms with E-state index in [4.69, 9.17) is 15.0 Å². The summed E-state index contributed by atoms with van der Waals surface area (Å²) < 4.78 is 4.07. The molecule has 1 atom stereocenters. The van der Waals surface area contributed by atoms with Crippen LogP contribution in [0.2, 0.25) is 0 Å². The molecule has 202 valence electrons. The Morgan fingerprint density at radius 2 is 1.77 bits per heavy atom. The van der Waals surface area contributed by atoms with Crippen LogP contribution in [0.5, 0.6) is 0 Å². The lowest BCUT2D eigenvalue weighted by Crippen LogP contribution is -2.03. The number of aromatic amines is 1. The van der Waals surface area contributed by atoms with Gasteiger partial charge in [-0.15, -0.1) is 0 Å². The van der Waals surface area contributed by atoms with Gasteiger partial charge in [0.15, 0.2) is 5.65 Å². The molecule has 2 aromatic carbocycles. The summed E-state index contributed by atoms with van der Waals surface area (Å²) in [6, 6.07) is 18.3. The third-order valence-corrected chi connectivity index (χ3v) is 7.90. The van der Waals surface area contributed by atoms with Gasteiger partial charge in [0.05, 0.1) is 22.4 Å². The third kappa shape index (κ3) is 4.19. The molecule has 7 rings (SSSR count). The quantitative estimate of drug-likeness (QED) is 0.256. The predicted octanol–water partition coefficient (Wildman–Crippen LogP) is 6.19. The van der Waals surface area contributed by atoms with Crippen LogP contribution in [0.15, 0.2) is 60.8 Å². The summed E-state index contributed by atoms with van der Waals surface area (Å²) in [5.41, 5.74) is 8.78. The van der Waals surface area contributed by atoms with Gasteiger partial charge >= 0.3 is 0 Å². The predicted molar refractivity (Wildman–Crippen MR) is 157 cm³/mol. The van der Waals surface area contributed by atoms with Gasteiger partial charge in [0.2, 0.25) is 0 Å². The van der Waals surface area contributed by atoms with E-state index >= 15 is 0 Å². The van der Waals surface area contributed by atoms with Crippen molar-refractivity contribution in [3.63, 3.8) is 0 Å². The van der Waals surface area contributed by atoms with Gasteiger partial charge in [-0.05, 0) is 36.5 Å². The molecule has 1 unspecified atom stereocenters. The number of H-pyrrole nitrogens is 1. The van der Waals surface area contributed by atoms with Gasteiger partial charge < -0.3 is 14.7 Å². The number of para-hydroxylation sites is 1. The zero-order chi connectivity index (χ0) is 27.5. The van der Waals surface area contributed by atoms with Crippen molar-refractivity contribution < 1.29 is 5.11 Å². The fourth-order valence-corrected chi connectivity index (χ4v) is 5.82. The number of fused-ring (bicyclic) bond motifs is 2. The van der Waals surface area contributed by atoms with E-state index in [9.17, 15) is 5.11 Å². The molecule has 0 radical (unpaired) electrons. The Hall–Kier alpha value is -4.30. The second-order valence-electron chi connectivity index (χ2n) is 11.3. The molecular formula is C32H33N7O. The maximum Gasteiger partial charge on any atom is 0.181 e. The summed E-state index contributed by atoms with van der Waals surface area (Å²) in [6.45, 7) is 4.33. The molecule has 0 amide bonds. The van der Waals surface area contributed by atoms with Crippen LogP contribution in [0, 0.1) is 0 Å². The maximum atomic E-state index is 11.0. The number of benzene rings is 2. The van der Waals surface area contributed by atoms with Gasteiger partial charge in [0.25, 0.3) is 0 Å². The largest absolute Gasteiger partial charge is 0.385 e. The maximum absolute atomic E-state index is 11.0. The number of pyridine rings is 1. The topological polar surface area (TPSA) is 97.4 Å². The van der Waals surface area contributed by atoms with Crippen LogP contribution in [-0.2, 0) is 20.5 Å². The summed E-state index contributed by atoms with van der Waals surface area (Å²) in [6.07, 6.45) is 4.09. The minimum absolute atomic E-state index is 0.217. The van der Waals surface area contributed by atoms with Crippen molar-refractivity contribution in [2.45, 2.75) is 51.0 Å². The van der Waals surface area contributed by atoms with E-state index in [1.165, 1.54) is 5.69 Å². The molecule has 1 aliphatic rings. The number of aliphatic hydroxyl groups excluding tert-OH is 1. The molecule has 0 saturated heterocycles.